The Balaban J connectivity index is 1.45. The van der Waals surface area contributed by atoms with E-state index in [-0.39, 0.29) is 5.91 Å². The van der Waals surface area contributed by atoms with Crippen LogP contribution in [-0.4, -0.2) is 68.4 Å². The third-order valence-corrected chi connectivity index (χ3v) is 6.62. The Morgan fingerprint density at radius 1 is 1.06 bits per heavy atom. The lowest BCUT2D eigenvalue weighted by Crippen LogP contribution is -2.43. The molecule has 5 rings (SSSR count). The van der Waals surface area contributed by atoms with Crippen LogP contribution < -0.4 is 14.4 Å². The second kappa shape index (κ2) is 9.00. The van der Waals surface area contributed by atoms with Gasteiger partial charge in [-0.1, -0.05) is 22.9 Å². The number of anilines is 1. The molecule has 1 amide bonds. The molecule has 1 fully saturated rings. The summed E-state index contributed by atoms with van der Waals surface area (Å²) >= 11 is 7.62. The molecule has 0 bridgehead atoms. The van der Waals surface area contributed by atoms with Crippen LogP contribution in [0.2, 0.25) is 5.02 Å². The topological polar surface area (TPSA) is 64.1 Å². The van der Waals surface area contributed by atoms with Crippen LogP contribution in [-0.2, 0) is 4.74 Å². The molecule has 3 aromatic rings. The Morgan fingerprint density at radius 2 is 1.87 bits per heavy atom. The van der Waals surface area contributed by atoms with Gasteiger partial charge in [0.25, 0.3) is 5.91 Å². The lowest BCUT2D eigenvalue weighted by Gasteiger charge is -2.29. The summed E-state index contributed by atoms with van der Waals surface area (Å²) in [6.45, 7) is 5.43. The highest BCUT2D eigenvalue weighted by Gasteiger charge is 2.24. The number of fused-ring (bicyclic) bond motifs is 2. The first-order valence-corrected chi connectivity index (χ1v) is 11.4. The quantitative estimate of drug-likeness (QED) is 0.579. The summed E-state index contributed by atoms with van der Waals surface area (Å²) in [4.78, 5) is 22.3. The highest BCUT2D eigenvalue weighted by Crippen LogP contribution is 2.34. The van der Waals surface area contributed by atoms with Crippen molar-refractivity contribution in [3.05, 3.63) is 47.0 Å². The Kier molecular flexibility index (Phi) is 5.95. The van der Waals surface area contributed by atoms with Crippen molar-refractivity contribution >= 4 is 44.2 Å². The molecule has 0 aliphatic carbocycles. The Morgan fingerprint density at radius 3 is 2.71 bits per heavy atom. The van der Waals surface area contributed by atoms with Crippen molar-refractivity contribution in [2.75, 3.05) is 57.5 Å². The van der Waals surface area contributed by atoms with Crippen LogP contribution in [0.5, 0.6) is 11.5 Å². The molecule has 0 N–H and O–H groups in total. The molecule has 2 aromatic carbocycles. The molecule has 0 radical (unpaired) electrons. The van der Waals surface area contributed by atoms with E-state index >= 15 is 0 Å². The van der Waals surface area contributed by atoms with Crippen LogP contribution >= 0.6 is 22.9 Å². The zero-order valence-electron chi connectivity index (χ0n) is 16.9. The predicted molar refractivity (Wildman–Crippen MR) is 121 cm³/mol. The fourth-order valence-corrected chi connectivity index (χ4v) is 4.95. The molecule has 1 saturated heterocycles. The molecule has 2 aliphatic heterocycles. The number of benzene rings is 2. The smallest absolute Gasteiger partial charge is 0.260 e. The summed E-state index contributed by atoms with van der Waals surface area (Å²) in [5, 5.41) is 1.31. The number of rotatable bonds is 5. The van der Waals surface area contributed by atoms with Crippen molar-refractivity contribution in [1.29, 1.82) is 0 Å². The maximum Gasteiger partial charge on any atom is 0.260 e. The molecule has 0 saturated carbocycles. The normalized spacial score (nSPS) is 16.4. The van der Waals surface area contributed by atoms with Gasteiger partial charge in [0.1, 0.15) is 13.2 Å². The summed E-state index contributed by atoms with van der Waals surface area (Å²) in [5.41, 5.74) is 1.37. The highest BCUT2D eigenvalue weighted by molar-refractivity contribution is 7.22. The van der Waals surface area contributed by atoms with E-state index in [2.05, 4.69) is 4.90 Å². The van der Waals surface area contributed by atoms with Gasteiger partial charge in [0, 0.05) is 36.8 Å². The highest BCUT2D eigenvalue weighted by atomic mass is 35.5. The molecule has 0 unspecified atom stereocenters. The number of aromatic nitrogens is 1. The zero-order valence-corrected chi connectivity index (χ0v) is 18.5. The Hall–Kier alpha value is -2.39. The van der Waals surface area contributed by atoms with Gasteiger partial charge in [-0.3, -0.25) is 14.6 Å². The van der Waals surface area contributed by atoms with Crippen LogP contribution in [0.25, 0.3) is 10.2 Å². The van der Waals surface area contributed by atoms with Crippen LogP contribution in [0.1, 0.15) is 10.4 Å². The van der Waals surface area contributed by atoms with Crippen LogP contribution in [0.15, 0.2) is 36.4 Å². The predicted octanol–water partition coefficient (Wildman–Crippen LogP) is 3.70. The maximum absolute atomic E-state index is 13.6. The van der Waals surface area contributed by atoms with Crippen LogP contribution in [0.4, 0.5) is 5.13 Å². The van der Waals surface area contributed by atoms with Crippen molar-refractivity contribution < 1.29 is 19.0 Å². The van der Waals surface area contributed by atoms with Crippen molar-refractivity contribution in [1.82, 2.24) is 9.88 Å². The van der Waals surface area contributed by atoms with E-state index < -0.39 is 0 Å². The van der Waals surface area contributed by atoms with Gasteiger partial charge in [-0.05, 0) is 36.4 Å². The number of hydrogen-bond donors (Lipinski definition) is 0. The standard InChI is InChI=1S/C22H22ClN3O4S/c23-16-2-3-17-20(14-16)31-22(24-17)26(6-5-25-7-9-28-10-8-25)21(27)15-1-4-18-19(13-15)30-12-11-29-18/h1-4,13-14H,5-12H2. The van der Waals surface area contributed by atoms with Crippen LogP contribution in [0.3, 0.4) is 0 Å². The summed E-state index contributed by atoms with van der Waals surface area (Å²) < 4.78 is 17.7. The largest absolute Gasteiger partial charge is 0.486 e. The number of ether oxygens (including phenoxy) is 3. The molecule has 31 heavy (non-hydrogen) atoms. The van der Waals surface area contributed by atoms with Gasteiger partial charge in [-0.15, -0.1) is 0 Å². The first kappa shape index (κ1) is 20.5. The fourth-order valence-electron chi connectivity index (χ4n) is 3.68. The minimum Gasteiger partial charge on any atom is -0.486 e. The summed E-state index contributed by atoms with van der Waals surface area (Å²) in [5.74, 6) is 1.15. The van der Waals surface area contributed by atoms with Crippen molar-refractivity contribution in [2.45, 2.75) is 0 Å². The number of carbonyl (C=O) groups excluding carboxylic acids is 1. The second-order valence-corrected chi connectivity index (χ2v) is 8.82. The molecule has 0 spiro atoms. The number of carbonyl (C=O) groups is 1. The van der Waals surface area contributed by atoms with E-state index in [1.807, 2.05) is 18.2 Å². The van der Waals surface area contributed by atoms with Gasteiger partial charge in [0.2, 0.25) is 0 Å². The van der Waals surface area contributed by atoms with Crippen molar-refractivity contribution in [3.63, 3.8) is 0 Å². The fraction of sp³-hybridized carbons (Fsp3) is 0.364. The van der Waals surface area contributed by atoms with Gasteiger partial charge >= 0.3 is 0 Å². The molecular weight excluding hydrogens is 438 g/mol. The molecule has 0 atom stereocenters. The molecule has 9 heteroatoms. The first-order chi connectivity index (χ1) is 15.2. The van der Waals surface area contributed by atoms with Crippen LogP contribution in [0, 0.1) is 0 Å². The van der Waals surface area contributed by atoms with Gasteiger partial charge < -0.3 is 14.2 Å². The van der Waals surface area contributed by atoms with Gasteiger partial charge in [0.05, 0.1) is 23.4 Å². The maximum atomic E-state index is 13.6. The molecule has 162 valence electrons. The minimum atomic E-state index is -0.115. The number of thiazole rings is 1. The number of hydrogen-bond acceptors (Lipinski definition) is 7. The van der Waals surface area contributed by atoms with E-state index in [9.17, 15) is 4.79 Å². The number of morpholine rings is 1. The monoisotopic (exact) mass is 459 g/mol. The first-order valence-electron chi connectivity index (χ1n) is 10.2. The molecular formula is C22H22ClN3O4S. The van der Waals surface area contributed by atoms with E-state index in [4.69, 9.17) is 30.8 Å². The van der Waals surface area contributed by atoms with Crippen molar-refractivity contribution in [3.8, 4) is 11.5 Å². The molecule has 1 aromatic heterocycles. The molecule has 3 heterocycles. The zero-order chi connectivity index (χ0) is 21.2. The average Bonchev–Trinajstić information content (AvgIpc) is 3.22. The third kappa shape index (κ3) is 4.48. The lowest BCUT2D eigenvalue weighted by atomic mass is 10.1. The molecule has 7 nitrogen and oxygen atoms in total. The van der Waals surface area contributed by atoms with Gasteiger partial charge in [0.15, 0.2) is 16.6 Å². The lowest BCUT2D eigenvalue weighted by molar-refractivity contribution is 0.0391. The van der Waals surface area contributed by atoms with E-state index in [0.717, 1.165) is 43.1 Å². The molecule has 2 aliphatic rings. The number of nitrogens with zero attached hydrogens (tertiary/aromatic N) is 3. The average molecular weight is 460 g/mol. The SMILES string of the molecule is O=C(c1ccc2c(c1)OCCO2)N(CCN1CCOCC1)c1nc2ccc(Cl)cc2s1. The summed E-state index contributed by atoms with van der Waals surface area (Å²) in [6.07, 6.45) is 0. The second-order valence-electron chi connectivity index (χ2n) is 7.38. The third-order valence-electron chi connectivity index (χ3n) is 5.35. The van der Waals surface area contributed by atoms with Crippen molar-refractivity contribution in [2.24, 2.45) is 0 Å². The van der Waals surface area contributed by atoms with Gasteiger partial charge in [-0.2, -0.15) is 0 Å². The minimum absolute atomic E-state index is 0.115. The van der Waals surface area contributed by atoms with Gasteiger partial charge in [-0.25, -0.2) is 4.98 Å². The van der Waals surface area contributed by atoms with E-state index in [1.165, 1.54) is 11.3 Å². The number of halogens is 1. The Bertz CT molecular complexity index is 1100. The summed E-state index contributed by atoms with van der Waals surface area (Å²) in [7, 11) is 0. The Labute approximate surface area is 189 Å². The van der Waals surface area contributed by atoms with E-state index in [1.54, 1.807) is 23.1 Å². The number of amides is 1. The van der Waals surface area contributed by atoms with E-state index in [0.29, 0.717) is 47.0 Å². The summed E-state index contributed by atoms with van der Waals surface area (Å²) in [6, 6.07) is 10.9.